The van der Waals surface area contributed by atoms with Gasteiger partial charge in [-0.3, -0.25) is 4.68 Å². The monoisotopic (exact) mass is 1160 g/mol. The van der Waals surface area contributed by atoms with E-state index in [1.54, 1.807) is 12.4 Å². The minimum atomic E-state index is 0. The SMILES string of the molecule is CC(C)Cc1cccc(-c2cc[c-]c(-c3ccccn3)c2)c1.CC1(C)c2c[c-]c(-n3cccn3)cc2-c2ccccc21.[Ir].[Ir].[c-]1ccc(-c2ccccc2)cc1-c1ccccn1. The molecule has 6 aromatic carbocycles. The molecule has 0 amide bonds. The van der Waals surface area contributed by atoms with Crippen molar-refractivity contribution in [2.24, 2.45) is 5.92 Å². The van der Waals surface area contributed by atoms with Gasteiger partial charge in [-0.1, -0.05) is 131 Å². The Labute approximate surface area is 393 Å². The van der Waals surface area contributed by atoms with Gasteiger partial charge < -0.3 is 9.97 Å². The van der Waals surface area contributed by atoms with Gasteiger partial charge in [-0.05, 0) is 80.8 Å². The summed E-state index contributed by atoms with van der Waals surface area (Å²) in [6, 6.07) is 68.2. The Morgan fingerprint density at radius 1 is 0.532 bits per heavy atom. The molecule has 0 N–H and O–H groups in total. The third kappa shape index (κ3) is 10.8. The topological polar surface area (TPSA) is 43.6 Å². The molecule has 0 saturated heterocycles. The predicted molar refractivity (Wildman–Crippen MR) is 246 cm³/mol. The molecule has 0 fully saturated rings. The van der Waals surface area contributed by atoms with Gasteiger partial charge in [-0.25, -0.2) is 0 Å². The van der Waals surface area contributed by atoms with Crippen molar-refractivity contribution in [1.29, 1.82) is 0 Å². The van der Waals surface area contributed by atoms with E-state index in [1.165, 1.54) is 50.1 Å². The molecule has 1 aliphatic rings. The van der Waals surface area contributed by atoms with E-state index in [0.717, 1.165) is 34.6 Å². The van der Waals surface area contributed by atoms with Gasteiger partial charge in [0.2, 0.25) is 0 Å². The molecule has 0 spiro atoms. The van der Waals surface area contributed by atoms with E-state index in [1.807, 2.05) is 89.9 Å². The van der Waals surface area contributed by atoms with Crippen molar-refractivity contribution in [3.63, 3.8) is 0 Å². The molecular weight excluding hydrogens is 1110 g/mol. The summed E-state index contributed by atoms with van der Waals surface area (Å²) in [4.78, 5) is 8.76. The maximum atomic E-state index is 4.41. The number of benzene rings is 6. The van der Waals surface area contributed by atoms with Crippen molar-refractivity contribution in [1.82, 2.24) is 19.7 Å². The van der Waals surface area contributed by atoms with E-state index in [0.29, 0.717) is 5.92 Å². The van der Waals surface area contributed by atoms with Gasteiger partial charge in [0.05, 0.1) is 0 Å². The maximum Gasteiger partial charge on any atom is 0.0493 e. The first-order valence-electron chi connectivity index (χ1n) is 20.5. The molecule has 10 rings (SSSR count). The Hall–Kier alpha value is -5.87. The van der Waals surface area contributed by atoms with Crippen molar-refractivity contribution in [3.8, 4) is 61.6 Å². The number of hydrogen-bond acceptors (Lipinski definition) is 3. The van der Waals surface area contributed by atoms with E-state index in [4.69, 9.17) is 0 Å². The first-order chi connectivity index (χ1) is 29.3. The smallest absolute Gasteiger partial charge is 0.0493 e. The summed E-state index contributed by atoms with van der Waals surface area (Å²) in [5.74, 6) is 0.670. The third-order valence-corrected chi connectivity index (χ3v) is 10.7. The van der Waals surface area contributed by atoms with Gasteiger partial charge >= 0.3 is 0 Å². The molecule has 0 aliphatic heterocycles. The molecule has 4 nitrogen and oxygen atoms in total. The van der Waals surface area contributed by atoms with E-state index < -0.39 is 0 Å². The van der Waals surface area contributed by atoms with E-state index in [9.17, 15) is 0 Å². The summed E-state index contributed by atoms with van der Waals surface area (Å²) in [6.07, 6.45) is 8.47. The quantitative estimate of drug-likeness (QED) is 0.149. The predicted octanol–water partition coefficient (Wildman–Crippen LogP) is 13.6. The van der Waals surface area contributed by atoms with Crippen LogP contribution in [0.4, 0.5) is 0 Å². The number of rotatable bonds is 7. The average Bonchev–Trinajstić information content (AvgIpc) is 3.93. The van der Waals surface area contributed by atoms with Crippen LogP contribution in [-0.4, -0.2) is 19.7 Å². The Bertz CT molecular complexity index is 2730. The van der Waals surface area contributed by atoms with Gasteiger partial charge in [0.1, 0.15) is 0 Å². The van der Waals surface area contributed by atoms with Gasteiger partial charge in [-0.15, -0.1) is 88.0 Å². The van der Waals surface area contributed by atoms with Crippen LogP contribution in [-0.2, 0) is 52.0 Å². The van der Waals surface area contributed by atoms with Crippen LogP contribution >= 0.6 is 0 Å². The Morgan fingerprint density at radius 2 is 1.13 bits per heavy atom. The maximum absolute atomic E-state index is 4.41. The number of pyridine rings is 2. The standard InChI is InChI=1S/C21H20N.C18H15N2.C17H12N.2Ir/c1-16(2)13-17-7-5-8-18(14-17)19-9-6-10-20(15-19)21-11-3-4-12-22-21;1-18(2)16-7-4-3-6-14(16)15-12-13(8-9-17(15)18)20-11-5-10-19-20;1-2-7-14(8-3-1)15-9-6-10-16(13-15)17-11-4-5-12-18-17;;/h3-9,11-12,14-16H,13H2,1-2H3;3-7,9-12H,1-2H3;1-9,11-13H;;/q3*-1;;. The van der Waals surface area contributed by atoms with Gasteiger partial charge in [0, 0.05) is 65.0 Å². The second-order valence-corrected chi connectivity index (χ2v) is 15.8. The van der Waals surface area contributed by atoms with Crippen molar-refractivity contribution in [3.05, 3.63) is 230 Å². The Morgan fingerprint density at radius 3 is 1.74 bits per heavy atom. The van der Waals surface area contributed by atoms with Crippen LogP contribution in [0, 0.1) is 24.1 Å². The van der Waals surface area contributed by atoms with E-state index >= 15 is 0 Å². The number of aromatic nitrogens is 4. The van der Waals surface area contributed by atoms with Crippen LogP contribution < -0.4 is 0 Å². The summed E-state index contributed by atoms with van der Waals surface area (Å²) < 4.78 is 1.86. The molecule has 62 heavy (non-hydrogen) atoms. The van der Waals surface area contributed by atoms with Crippen LogP contribution in [0.25, 0.3) is 61.6 Å². The second kappa shape index (κ2) is 21.3. The zero-order valence-corrected chi connectivity index (χ0v) is 40.0. The van der Waals surface area contributed by atoms with E-state index in [-0.39, 0.29) is 45.6 Å². The fraction of sp³-hybridized carbons (Fsp3) is 0.125. The number of fused-ring (bicyclic) bond motifs is 3. The molecule has 312 valence electrons. The number of hydrogen-bond donors (Lipinski definition) is 0. The van der Waals surface area contributed by atoms with Crippen molar-refractivity contribution in [2.45, 2.75) is 39.5 Å². The average molecular weight is 1160 g/mol. The molecule has 0 bridgehead atoms. The zero-order chi connectivity index (χ0) is 41.3. The third-order valence-electron chi connectivity index (χ3n) is 10.7. The minimum Gasteiger partial charge on any atom is -0.305 e. The second-order valence-electron chi connectivity index (χ2n) is 15.8. The van der Waals surface area contributed by atoms with Crippen LogP contribution in [0.2, 0.25) is 0 Å². The van der Waals surface area contributed by atoms with Gasteiger partial charge in [0.25, 0.3) is 0 Å². The van der Waals surface area contributed by atoms with Crippen LogP contribution in [0.15, 0.2) is 195 Å². The molecule has 1 aliphatic carbocycles. The van der Waals surface area contributed by atoms with Crippen molar-refractivity contribution >= 4 is 0 Å². The first-order valence-corrected chi connectivity index (χ1v) is 20.5. The fourth-order valence-electron chi connectivity index (χ4n) is 7.78. The molecule has 0 atom stereocenters. The Kier molecular flexibility index (Phi) is 15.7. The van der Waals surface area contributed by atoms with Crippen LogP contribution in [0.1, 0.15) is 44.4 Å². The van der Waals surface area contributed by atoms with Crippen molar-refractivity contribution in [2.75, 3.05) is 0 Å². The molecular formula is C56H47Ir2N4-3. The molecule has 2 radical (unpaired) electrons. The molecule has 6 heteroatoms. The summed E-state index contributed by atoms with van der Waals surface area (Å²) >= 11 is 0. The molecule has 0 unspecified atom stereocenters. The largest absolute Gasteiger partial charge is 0.305 e. The molecule has 3 heterocycles. The zero-order valence-electron chi connectivity index (χ0n) is 35.2. The minimum absolute atomic E-state index is 0. The summed E-state index contributed by atoms with van der Waals surface area (Å²) in [5.41, 5.74) is 16.6. The molecule has 0 saturated carbocycles. The van der Waals surface area contributed by atoms with Gasteiger partial charge in [0.15, 0.2) is 0 Å². The summed E-state index contributed by atoms with van der Waals surface area (Å²) in [6.45, 7) is 9.06. The Balaban J connectivity index is 0.000000153. The first kappa shape index (κ1) is 45.7. The van der Waals surface area contributed by atoms with Gasteiger partial charge in [-0.2, -0.15) is 17.2 Å². The number of nitrogens with zero attached hydrogens (tertiary/aromatic N) is 4. The van der Waals surface area contributed by atoms with Crippen molar-refractivity contribution < 1.29 is 40.2 Å². The normalized spacial score (nSPS) is 11.6. The van der Waals surface area contributed by atoms with Crippen LogP contribution in [0.5, 0.6) is 0 Å². The molecule has 9 aromatic rings. The van der Waals surface area contributed by atoms with Crippen LogP contribution in [0.3, 0.4) is 0 Å². The summed E-state index contributed by atoms with van der Waals surface area (Å²) in [7, 11) is 0. The molecule has 3 aromatic heterocycles. The fourth-order valence-corrected chi connectivity index (χ4v) is 7.78. The summed E-state index contributed by atoms with van der Waals surface area (Å²) in [5, 5.41) is 4.29. The van der Waals surface area contributed by atoms with E-state index in [2.05, 4.69) is 158 Å².